The fraction of sp³-hybridized carbons (Fsp3) is 0.889. The van der Waals surface area contributed by atoms with Crippen LogP contribution >= 0.6 is 0 Å². The summed E-state index contributed by atoms with van der Waals surface area (Å²) in [6.45, 7) is 0.0465. The third kappa shape index (κ3) is 4.42. The molecule has 15 heavy (non-hydrogen) atoms. The highest BCUT2D eigenvalue weighted by molar-refractivity contribution is 5.74. The van der Waals surface area contributed by atoms with Crippen LogP contribution in [0.15, 0.2) is 0 Å². The third-order valence-corrected chi connectivity index (χ3v) is 2.45. The van der Waals surface area contributed by atoms with Crippen molar-refractivity contribution in [2.45, 2.75) is 37.6 Å². The van der Waals surface area contributed by atoms with Crippen molar-refractivity contribution in [3.63, 3.8) is 0 Å². The Bertz CT molecular complexity index is 214. The Balaban J connectivity index is 2.21. The van der Waals surface area contributed by atoms with Crippen LogP contribution in [0.4, 0.5) is 13.6 Å². The number of aliphatic hydroxyl groups is 1. The molecule has 1 aliphatic rings. The summed E-state index contributed by atoms with van der Waals surface area (Å²) in [7, 11) is 0. The Morgan fingerprint density at radius 2 is 2.00 bits per heavy atom. The number of rotatable bonds is 3. The molecule has 0 spiro atoms. The molecule has 0 aromatic carbocycles. The predicted molar refractivity (Wildman–Crippen MR) is 50.8 cm³/mol. The van der Waals surface area contributed by atoms with E-state index in [-0.39, 0.29) is 32.0 Å². The zero-order valence-electron chi connectivity index (χ0n) is 8.43. The smallest absolute Gasteiger partial charge is 0.315 e. The van der Waals surface area contributed by atoms with Crippen LogP contribution in [0.2, 0.25) is 0 Å². The number of carbonyl (C=O) groups excluding carboxylic acids is 1. The number of halogens is 2. The molecule has 0 aromatic rings. The zero-order valence-corrected chi connectivity index (χ0v) is 8.43. The van der Waals surface area contributed by atoms with Crippen molar-refractivity contribution in [2.75, 3.05) is 13.2 Å². The monoisotopic (exact) mass is 222 g/mol. The van der Waals surface area contributed by atoms with Gasteiger partial charge in [0.15, 0.2) is 0 Å². The summed E-state index contributed by atoms with van der Waals surface area (Å²) in [6, 6.07) is -0.581. The molecule has 0 unspecified atom stereocenters. The van der Waals surface area contributed by atoms with Gasteiger partial charge in [-0.2, -0.15) is 0 Å². The summed E-state index contributed by atoms with van der Waals surface area (Å²) in [5.41, 5.74) is 0. The van der Waals surface area contributed by atoms with E-state index in [0.29, 0.717) is 12.8 Å². The molecule has 0 heterocycles. The highest BCUT2D eigenvalue weighted by Crippen LogP contribution is 2.32. The normalized spacial score (nSPS) is 21.0. The molecule has 0 aromatic heterocycles. The van der Waals surface area contributed by atoms with Crippen molar-refractivity contribution in [1.82, 2.24) is 10.6 Å². The number of amides is 2. The van der Waals surface area contributed by atoms with E-state index in [4.69, 9.17) is 5.11 Å². The van der Waals surface area contributed by atoms with Gasteiger partial charge in [-0.3, -0.25) is 0 Å². The third-order valence-electron chi connectivity index (χ3n) is 2.45. The summed E-state index contributed by atoms with van der Waals surface area (Å²) in [5, 5.41) is 13.5. The number of nitrogens with one attached hydrogen (secondary N) is 2. The second-order valence-corrected chi connectivity index (χ2v) is 3.75. The average molecular weight is 222 g/mol. The highest BCUT2D eigenvalue weighted by atomic mass is 19.3. The quantitative estimate of drug-likeness (QED) is 0.663. The first kappa shape index (κ1) is 12.2. The van der Waals surface area contributed by atoms with E-state index in [9.17, 15) is 13.6 Å². The first-order chi connectivity index (χ1) is 7.03. The molecular formula is C9H16F2N2O2. The van der Waals surface area contributed by atoms with E-state index in [2.05, 4.69) is 10.6 Å². The maximum Gasteiger partial charge on any atom is 0.315 e. The molecule has 1 aliphatic carbocycles. The van der Waals surface area contributed by atoms with Gasteiger partial charge in [-0.05, 0) is 12.8 Å². The fourth-order valence-electron chi connectivity index (χ4n) is 1.59. The summed E-state index contributed by atoms with van der Waals surface area (Å²) in [6.07, 6.45) is 0.273. The van der Waals surface area contributed by atoms with Gasteiger partial charge in [0.2, 0.25) is 5.92 Å². The zero-order chi connectivity index (χ0) is 11.3. The molecule has 2 amide bonds. The lowest BCUT2D eigenvalue weighted by atomic mass is 9.92. The highest BCUT2D eigenvalue weighted by Gasteiger charge is 2.35. The van der Waals surface area contributed by atoms with E-state index in [1.807, 2.05) is 0 Å². The van der Waals surface area contributed by atoms with Crippen molar-refractivity contribution in [1.29, 1.82) is 0 Å². The van der Waals surface area contributed by atoms with Crippen LogP contribution in [0.5, 0.6) is 0 Å². The minimum atomic E-state index is -2.57. The molecular weight excluding hydrogens is 206 g/mol. The summed E-state index contributed by atoms with van der Waals surface area (Å²) in [5.74, 6) is -2.57. The van der Waals surface area contributed by atoms with Gasteiger partial charge in [-0.15, -0.1) is 0 Å². The van der Waals surface area contributed by atoms with Crippen LogP contribution in [-0.2, 0) is 0 Å². The number of hydrogen-bond acceptors (Lipinski definition) is 2. The minimum absolute atomic E-state index is 0.129. The van der Waals surface area contributed by atoms with Crippen LogP contribution < -0.4 is 10.6 Å². The van der Waals surface area contributed by atoms with E-state index < -0.39 is 12.0 Å². The summed E-state index contributed by atoms with van der Waals surface area (Å²) in [4.78, 5) is 11.1. The predicted octanol–water partition coefficient (Wildman–Crippen LogP) is 0.856. The Labute approximate surface area is 87.0 Å². The van der Waals surface area contributed by atoms with Gasteiger partial charge in [0.05, 0.1) is 6.61 Å². The standard InChI is InChI=1S/C9H16F2N2O2/c10-9(11)3-1-7(2-4-9)13-8(15)12-5-6-14/h7,14H,1-6H2,(H2,12,13,15). The number of aliphatic hydroxyl groups excluding tert-OH is 1. The van der Waals surface area contributed by atoms with Crippen LogP contribution in [0, 0.1) is 0 Å². The van der Waals surface area contributed by atoms with Gasteiger partial charge < -0.3 is 15.7 Å². The average Bonchev–Trinajstić information content (AvgIpc) is 2.18. The van der Waals surface area contributed by atoms with E-state index in [1.54, 1.807) is 0 Å². The molecule has 0 saturated heterocycles. The summed E-state index contributed by atoms with van der Waals surface area (Å²) >= 11 is 0. The fourth-order valence-corrected chi connectivity index (χ4v) is 1.59. The molecule has 3 N–H and O–H groups in total. The van der Waals surface area contributed by atoms with E-state index in [1.165, 1.54) is 0 Å². The van der Waals surface area contributed by atoms with Crippen LogP contribution in [0.1, 0.15) is 25.7 Å². The second-order valence-electron chi connectivity index (χ2n) is 3.75. The SMILES string of the molecule is O=C(NCCO)NC1CCC(F)(F)CC1. The molecule has 0 atom stereocenters. The molecule has 88 valence electrons. The van der Waals surface area contributed by atoms with Gasteiger partial charge >= 0.3 is 6.03 Å². The van der Waals surface area contributed by atoms with E-state index in [0.717, 1.165) is 0 Å². The van der Waals surface area contributed by atoms with Crippen molar-refractivity contribution in [3.8, 4) is 0 Å². The van der Waals surface area contributed by atoms with Gasteiger partial charge in [0.25, 0.3) is 0 Å². The van der Waals surface area contributed by atoms with Gasteiger partial charge in [0, 0.05) is 25.4 Å². The van der Waals surface area contributed by atoms with Crippen molar-refractivity contribution in [2.24, 2.45) is 0 Å². The topological polar surface area (TPSA) is 61.4 Å². The van der Waals surface area contributed by atoms with Crippen molar-refractivity contribution in [3.05, 3.63) is 0 Å². The minimum Gasteiger partial charge on any atom is -0.395 e. The maximum atomic E-state index is 12.8. The van der Waals surface area contributed by atoms with Crippen LogP contribution in [-0.4, -0.2) is 36.3 Å². The molecule has 1 saturated carbocycles. The lowest BCUT2D eigenvalue weighted by Gasteiger charge is -2.28. The Hall–Kier alpha value is -0.910. The maximum absolute atomic E-state index is 12.8. The Morgan fingerprint density at radius 1 is 1.40 bits per heavy atom. The number of hydrogen-bond donors (Lipinski definition) is 3. The van der Waals surface area contributed by atoms with Crippen LogP contribution in [0.3, 0.4) is 0 Å². The Morgan fingerprint density at radius 3 is 2.53 bits per heavy atom. The Kier molecular flexibility index (Phi) is 4.26. The molecule has 0 aliphatic heterocycles. The summed E-state index contributed by atoms with van der Waals surface area (Å²) < 4.78 is 25.5. The lowest BCUT2D eigenvalue weighted by molar-refractivity contribution is -0.0395. The molecule has 1 rings (SSSR count). The largest absolute Gasteiger partial charge is 0.395 e. The van der Waals surface area contributed by atoms with Gasteiger partial charge in [-0.25, -0.2) is 13.6 Å². The number of carbonyl (C=O) groups is 1. The molecule has 0 radical (unpaired) electrons. The van der Waals surface area contributed by atoms with Crippen molar-refractivity contribution < 1.29 is 18.7 Å². The number of alkyl halides is 2. The van der Waals surface area contributed by atoms with Crippen molar-refractivity contribution >= 4 is 6.03 Å². The number of urea groups is 1. The van der Waals surface area contributed by atoms with Gasteiger partial charge in [-0.1, -0.05) is 0 Å². The molecule has 1 fully saturated rings. The van der Waals surface area contributed by atoms with Gasteiger partial charge in [0.1, 0.15) is 0 Å². The lowest BCUT2D eigenvalue weighted by Crippen LogP contribution is -2.45. The first-order valence-electron chi connectivity index (χ1n) is 5.06. The molecule has 6 heteroatoms. The molecule has 0 bridgehead atoms. The van der Waals surface area contributed by atoms with E-state index >= 15 is 0 Å². The molecule has 4 nitrogen and oxygen atoms in total. The first-order valence-corrected chi connectivity index (χ1v) is 5.06. The van der Waals surface area contributed by atoms with Crippen LogP contribution in [0.25, 0.3) is 0 Å². The second kappa shape index (κ2) is 5.25.